The molecule has 0 aliphatic carbocycles. The van der Waals surface area contributed by atoms with Crippen LogP contribution in [0.2, 0.25) is 0 Å². The van der Waals surface area contributed by atoms with Crippen molar-refractivity contribution >= 4 is 33.9 Å². The maximum Gasteiger partial charge on any atom is 0.172 e. The number of nitrogens with zero attached hydrogens (tertiary/aromatic N) is 2. The molecule has 190 valence electrons. The van der Waals surface area contributed by atoms with Gasteiger partial charge in [0, 0.05) is 35.3 Å². The molecule has 0 radical (unpaired) electrons. The summed E-state index contributed by atoms with van der Waals surface area (Å²) in [5.41, 5.74) is 2.43. The van der Waals surface area contributed by atoms with Gasteiger partial charge < -0.3 is 29.0 Å². The Morgan fingerprint density at radius 3 is 2.30 bits per heavy atom. The smallest absolute Gasteiger partial charge is 0.172 e. The van der Waals surface area contributed by atoms with E-state index in [1.54, 1.807) is 45.6 Å². The van der Waals surface area contributed by atoms with Crippen LogP contribution in [0.5, 0.6) is 34.5 Å². The summed E-state index contributed by atoms with van der Waals surface area (Å²) in [5.74, 6) is 4.00. The van der Waals surface area contributed by atoms with Gasteiger partial charge in [-0.15, -0.1) is 11.6 Å². The number of methoxy groups -OCH3 is 3. The van der Waals surface area contributed by atoms with E-state index in [9.17, 15) is 5.26 Å². The van der Waals surface area contributed by atoms with Crippen LogP contribution in [0.15, 0.2) is 60.8 Å². The first-order valence-corrected chi connectivity index (χ1v) is 12.0. The zero-order valence-electron chi connectivity index (χ0n) is 20.7. The molecule has 0 saturated heterocycles. The van der Waals surface area contributed by atoms with Crippen LogP contribution in [0.25, 0.3) is 10.9 Å². The lowest BCUT2D eigenvalue weighted by Crippen LogP contribution is -2.02. The van der Waals surface area contributed by atoms with Crippen molar-refractivity contribution in [3.63, 3.8) is 0 Å². The minimum Gasteiger partial charge on any atom is -0.497 e. The molecule has 0 unspecified atom stereocenters. The summed E-state index contributed by atoms with van der Waals surface area (Å²) in [6, 6.07) is 18.5. The lowest BCUT2D eigenvalue weighted by Gasteiger charge is -2.16. The fraction of sp³-hybridized carbons (Fsp3) is 0.214. The summed E-state index contributed by atoms with van der Waals surface area (Å²) in [6.45, 7) is 0.461. The molecular formula is C28H26ClN3O5. The molecular weight excluding hydrogens is 494 g/mol. The second-order valence-electron chi connectivity index (χ2n) is 7.84. The first-order chi connectivity index (χ1) is 18.1. The van der Waals surface area contributed by atoms with Crippen molar-refractivity contribution in [2.24, 2.45) is 0 Å². The van der Waals surface area contributed by atoms with Gasteiger partial charge in [-0.3, -0.25) is 4.98 Å². The summed E-state index contributed by atoms with van der Waals surface area (Å²) < 4.78 is 28.0. The first-order valence-electron chi connectivity index (χ1n) is 11.5. The van der Waals surface area contributed by atoms with Gasteiger partial charge in [-0.05, 0) is 48.9 Å². The number of nitrogens with one attached hydrogen (secondary N) is 1. The standard InChI is InChI=1S/C28H26ClN3O5/c1-33-21-9-10-24(34-2)27(13-21)37-20-7-5-19(6-8-20)32-28-18(16-30)17-31-23-15-26(36-12-4-11-29)25(35-3)14-22(23)28/h5-10,13-15,17H,4,11-12H2,1-3H3,(H,31,32). The lowest BCUT2D eigenvalue weighted by molar-refractivity contribution is 0.295. The highest BCUT2D eigenvalue weighted by Crippen LogP contribution is 2.38. The molecule has 4 rings (SSSR count). The first kappa shape index (κ1) is 25.7. The number of ether oxygens (including phenoxy) is 5. The number of halogens is 1. The molecule has 4 aromatic rings. The number of benzene rings is 3. The van der Waals surface area contributed by atoms with Crippen LogP contribution in [0.3, 0.4) is 0 Å². The molecule has 0 amide bonds. The Labute approximate surface area is 220 Å². The van der Waals surface area contributed by atoms with E-state index >= 15 is 0 Å². The van der Waals surface area contributed by atoms with E-state index in [0.29, 0.717) is 70.2 Å². The minimum atomic E-state index is 0.395. The molecule has 0 aliphatic rings. The summed E-state index contributed by atoms with van der Waals surface area (Å²) in [7, 11) is 4.74. The Morgan fingerprint density at radius 2 is 1.62 bits per heavy atom. The molecule has 1 heterocycles. The number of nitriles is 1. The number of fused-ring (bicyclic) bond motifs is 1. The van der Waals surface area contributed by atoms with Gasteiger partial charge in [0.15, 0.2) is 23.0 Å². The van der Waals surface area contributed by atoms with Gasteiger partial charge >= 0.3 is 0 Å². The van der Waals surface area contributed by atoms with Crippen molar-refractivity contribution in [2.75, 3.05) is 39.1 Å². The molecule has 1 N–H and O–H groups in total. The van der Waals surface area contributed by atoms with Crippen LogP contribution in [0, 0.1) is 11.3 Å². The highest BCUT2D eigenvalue weighted by atomic mass is 35.5. The lowest BCUT2D eigenvalue weighted by atomic mass is 10.1. The molecule has 37 heavy (non-hydrogen) atoms. The predicted molar refractivity (Wildman–Crippen MR) is 143 cm³/mol. The average Bonchev–Trinajstić information content (AvgIpc) is 2.94. The molecule has 0 fully saturated rings. The van der Waals surface area contributed by atoms with Crippen molar-refractivity contribution in [2.45, 2.75) is 6.42 Å². The van der Waals surface area contributed by atoms with Crippen molar-refractivity contribution in [3.05, 3.63) is 66.4 Å². The second kappa shape index (κ2) is 12.1. The molecule has 8 nitrogen and oxygen atoms in total. The zero-order chi connectivity index (χ0) is 26.2. The van der Waals surface area contributed by atoms with Crippen LogP contribution in [-0.4, -0.2) is 38.8 Å². The highest BCUT2D eigenvalue weighted by Gasteiger charge is 2.15. The van der Waals surface area contributed by atoms with Crippen LogP contribution in [0.1, 0.15) is 12.0 Å². The molecule has 0 aliphatic heterocycles. The van der Waals surface area contributed by atoms with Gasteiger partial charge in [0.1, 0.15) is 17.6 Å². The van der Waals surface area contributed by atoms with E-state index in [0.717, 1.165) is 11.1 Å². The van der Waals surface area contributed by atoms with E-state index < -0.39 is 0 Å². The van der Waals surface area contributed by atoms with Crippen molar-refractivity contribution in [1.29, 1.82) is 5.26 Å². The number of anilines is 2. The second-order valence-corrected chi connectivity index (χ2v) is 8.22. The number of alkyl halides is 1. The highest BCUT2D eigenvalue weighted by molar-refractivity contribution is 6.17. The number of hydrogen-bond acceptors (Lipinski definition) is 8. The third-order valence-corrected chi connectivity index (χ3v) is 5.80. The Kier molecular flexibility index (Phi) is 8.39. The number of hydrogen-bond donors (Lipinski definition) is 1. The molecule has 1 aromatic heterocycles. The van der Waals surface area contributed by atoms with Crippen LogP contribution >= 0.6 is 11.6 Å². The van der Waals surface area contributed by atoms with Crippen LogP contribution < -0.4 is 29.0 Å². The number of aromatic nitrogens is 1. The van der Waals surface area contributed by atoms with E-state index in [-0.39, 0.29) is 0 Å². The van der Waals surface area contributed by atoms with Gasteiger partial charge in [0.2, 0.25) is 0 Å². The normalized spacial score (nSPS) is 10.5. The third kappa shape index (κ3) is 5.90. The van der Waals surface area contributed by atoms with Gasteiger partial charge in [0.05, 0.1) is 44.7 Å². The van der Waals surface area contributed by atoms with Crippen LogP contribution in [0.4, 0.5) is 11.4 Å². The molecule has 0 atom stereocenters. The fourth-order valence-corrected chi connectivity index (χ4v) is 3.78. The largest absolute Gasteiger partial charge is 0.497 e. The number of pyridine rings is 1. The predicted octanol–water partition coefficient (Wildman–Crippen LogP) is 6.68. The van der Waals surface area contributed by atoms with Crippen LogP contribution in [-0.2, 0) is 0 Å². The zero-order valence-corrected chi connectivity index (χ0v) is 21.5. The number of rotatable bonds is 11. The van der Waals surface area contributed by atoms with E-state index in [1.807, 2.05) is 30.3 Å². The summed E-state index contributed by atoms with van der Waals surface area (Å²) in [6.07, 6.45) is 2.24. The van der Waals surface area contributed by atoms with E-state index in [2.05, 4.69) is 16.4 Å². The van der Waals surface area contributed by atoms with E-state index in [4.69, 9.17) is 35.3 Å². The summed E-state index contributed by atoms with van der Waals surface area (Å²) in [5, 5.41) is 13.8. The fourth-order valence-electron chi connectivity index (χ4n) is 3.67. The van der Waals surface area contributed by atoms with Gasteiger partial charge in [0.25, 0.3) is 0 Å². The third-order valence-electron chi connectivity index (χ3n) is 5.53. The minimum absolute atomic E-state index is 0.395. The quantitative estimate of drug-likeness (QED) is 0.173. The summed E-state index contributed by atoms with van der Waals surface area (Å²) >= 11 is 5.76. The van der Waals surface area contributed by atoms with Gasteiger partial charge in [-0.25, -0.2) is 0 Å². The SMILES string of the molecule is COc1ccc(OC)c(Oc2ccc(Nc3c(C#N)cnc4cc(OCCCCl)c(OC)cc34)cc2)c1. The summed E-state index contributed by atoms with van der Waals surface area (Å²) in [4.78, 5) is 4.44. The van der Waals surface area contributed by atoms with Crippen molar-refractivity contribution < 1.29 is 23.7 Å². The van der Waals surface area contributed by atoms with E-state index in [1.165, 1.54) is 6.20 Å². The molecule has 9 heteroatoms. The molecule has 3 aromatic carbocycles. The Bertz CT molecular complexity index is 1420. The topological polar surface area (TPSA) is 94.9 Å². The maximum absolute atomic E-state index is 9.74. The van der Waals surface area contributed by atoms with Gasteiger partial charge in [-0.2, -0.15) is 5.26 Å². The van der Waals surface area contributed by atoms with Crippen molar-refractivity contribution in [3.8, 4) is 40.6 Å². The monoisotopic (exact) mass is 519 g/mol. The Hall–Kier alpha value is -4.35. The maximum atomic E-state index is 9.74. The molecule has 0 saturated carbocycles. The van der Waals surface area contributed by atoms with Gasteiger partial charge in [-0.1, -0.05) is 0 Å². The Balaban J connectivity index is 1.62. The molecule has 0 spiro atoms. The average molecular weight is 520 g/mol. The van der Waals surface area contributed by atoms with Crippen molar-refractivity contribution in [1.82, 2.24) is 4.98 Å². The Morgan fingerprint density at radius 1 is 0.865 bits per heavy atom. The molecule has 0 bridgehead atoms.